The van der Waals surface area contributed by atoms with Gasteiger partial charge in [0.05, 0.1) is 12.0 Å². The molecule has 0 bridgehead atoms. The minimum absolute atomic E-state index is 0.0120. The quantitative estimate of drug-likeness (QED) is 0.714. The van der Waals surface area contributed by atoms with E-state index in [4.69, 9.17) is 4.74 Å². The van der Waals surface area contributed by atoms with Gasteiger partial charge in [0, 0.05) is 38.3 Å². The lowest BCUT2D eigenvalue weighted by atomic mass is 10.1. The summed E-state index contributed by atoms with van der Waals surface area (Å²) >= 11 is 0. The molecule has 1 saturated heterocycles. The Hall–Kier alpha value is -2.38. The third kappa shape index (κ3) is 4.54. The van der Waals surface area contributed by atoms with Crippen molar-refractivity contribution in [2.45, 2.75) is 30.6 Å². The van der Waals surface area contributed by atoms with Crippen molar-refractivity contribution < 1.29 is 17.9 Å². The molecule has 0 aliphatic carbocycles. The molecular formula is C21H26N2O4S. The molecule has 0 atom stereocenters. The van der Waals surface area contributed by atoms with Crippen LogP contribution in [0.5, 0.6) is 5.75 Å². The van der Waals surface area contributed by atoms with Gasteiger partial charge in [-0.3, -0.25) is 4.79 Å². The van der Waals surface area contributed by atoms with E-state index in [9.17, 15) is 13.2 Å². The third-order valence-electron chi connectivity index (χ3n) is 5.07. The second kappa shape index (κ2) is 8.75. The number of hydrogen-bond donors (Lipinski definition) is 0. The summed E-state index contributed by atoms with van der Waals surface area (Å²) in [4.78, 5) is 14.4. The summed E-state index contributed by atoms with van der Waals surface area (Å²) in [7, 11) is -0.0658. The molecule has 150 valence electrons. The van der Waals surface area contributed by atoms with Gasteiger partial charge in [0.15, 0.2) is 0 Å². The van der Waals surface area contributed by atoms with E-state index in [-0.39, 0.29) is 5.91 Å². The fraction of sp³-hybridized carbons (Fsp3) is 0.381. The maximum absolute atomic E-state index is 12.6. The van der Waals surface area contributed by atoms with Gasteiger partial charge >= 0.3 is 0 Å². The number of rotatable bonds is 7. The third-order valence-corrected chi connectivity index (χ3v) is 6.98. The first-order chi connectivity index (χ1) is 13.4. The van der Waals surface area contributed by atoms with Gasteiger partial charge in [-0.25, -0.2) is 8.42 Å². The number of carbonyl (C=O) groups excluding carboxylic acids is 1. The average molecular weight is 403 g/mol. The average Bonchev–Trinajstić information content (AvgIpc) is 3.27. The lowest BCUT2D eigenvalue weighted by molar-refractivity contribution is -0.118. The number of nitrogens with zero attached hydrogens (tertiary/aromatic N) is 2. The number of hydrogen-bond acceptors (Lipinski definition) is 4. The first kappa shape index (κ1) is 20.4. The van der Waals surface area contributed by atoms with Gasteiger partial charge in [0.25, 0.3) is 0 Å². The predicted molar refractivity (Wildman–Crippen MR) is 109 cm³/mol. The molecule has 2 aromatic rings. The molecule has 6 nitrogen and oxygen atoms in total. The smallest absolute Gasteiger partial charge is 0.243 e. The zero-order valence-electron chi connectivity index (χ0n) is 16.3. The van der Waals surface area contributed by atoms with Gasteiger partial charge in [-0.05, 0) is 49.1 Å². The topological polar surface area (TPSA) is 66.9 Å². The molecule has 0 N–H and O–H groups in total. The number of anilines is 1. The van der Waals surface area contributed by atoms with Crippen molar-refractivity contribution in [2.24, 2.45) is 0 Å². The van der Waals surface area contributed by atoms with E-state index in [0.717, 1.165) is 24.1 Å². The number of aryl methyl sites for hydroxylation is 1. The van der Waals surface area contributed by atoms with E-state index in [1.807, 2.05) is 24.3 Å². The summed E-state index contributed by atoms with van der Waals surface area (Å²) in [6, 6.07) is 14.2. The molecule has 28 heavy (non-hydrogen) atoms. The van der Waals surface area contributed by atoms with E-state index in [1.165, 1.54) is 4.31 Å². The Labute approximate surface area is 166 Å². The lowest BCUT2D eigenvalue weighted by Crippen LogP contribution is -2.27. The summed E-state index contributed by atoms with van der Waals surface area (Å²) in [6.45, 7) is 1.18. The molecule has 1 aliphatic heterocycles. The highest BCUT2D eigenvalue weighted by molar-refractivity contribution is 7.89. The van der Waals surface area contributed by atoms with Crippen LogP contribution in [0.4, 0.5) is 5.69 Å². The number of amides is 1. The number of carbonyl (C=O) groups is 1. The minimum atomic E-state index is -3.40. The molecule has 1 heterocycles. The Balaban J connectivity index is 1.60. The second-order valence-electron chi connectivity index (χ2n) is 6.91. The van der Waals surface area contributed by atoms with E-state index in [2.05, 4.69) is 0 Å². The Kier molecular flexibility index (Phi) is 6.36. The van der Waals surface area contributed by atoms with Crippen molar-refractivity contribution in [2.75, 3.05) is 32.1 Å². The number of ether oxygens (including phenoxy) is 1. The van der Waals surface area contributed by atoms with Gasteiger partial charge in [0.2, 0.25) is 15.9 Å². The van der Waals surface area contributed by atoms with Crippen LogP contribution < -0.4 is 9.64 Å². The van der Waals surface area contributed by atoms with Gasteiger partial charge in [-0.2, -0.15) is 4.31 Å². The summed E-state index contributed by atoms with van der Waals surface area (Å²) in [5, 5.41) is 0. The highest BCUT2D eigenvalue weighted by Gasteiger charge is 2.26. The van der Waals surface area contributed by atoms with Crippen LogP contribution in [0.25, 0.3) is 0 Å². The van der Waals surface area contributed by atoms with Crippen LogP contribution >= 0.6 is 0 Å². The van der Waals surface area contributed by atoms with Crippen molar-refractivity contribution in [3.63, 3.8) is 0 Å². The first-order valence-corrected chi connectivity index (χ1v) is 10.9. The Bertz CT molecular complexity index is 920. The SMILES string of the molecule is COc1cccc(N(C)C(=O)CCc2ccc(S(=O)(=O)N3CCCC3)cc2)c1. The van der Waals surface area contributed by atoms with Crippen LogP contribution in [0.2, 0.25) is 0 Å². The lowest BCUT2D eigenvalue weighted by Gasteiger charge is -2.18. The van der Waals surface area contributed by atoms with Crippen molar-refractivity contribution in [3.05, 3.63) is 54.1 Å². The number of methoxy groups -OCH3 is 1. The van der Waals surface area contributed by atoms with Gasteiger partial charge in [-0.15, -0.1) is 0 Å². The molecule has 1 aliphatic rings. The monoisotopic (exact) mass is 402 g/mol. The van der Waals surface area contributed by atoms with E-state index >= 15 is 0 Å². The minimum Gasteiger partial charge on any atom is -0.497 e. The fourth-order valence-corrected chi connectivity index (χ4v) is 4.80. The molecule has 3 rings (SSSR count). The molecule has 2 aromatic carbocycles. The largest absolute Gasteiger partial charge is 0.497 e. The van der Waals surface area contributed by atoms with Crippen LogP contribution in [0.15, 0.2) is 53.4 Å². The number of sulfonamides is 1. The normalized spacial score (nSPS) is 14.8. The number of benzene rings is 2. The highest BCUT2D eigenvalue weighted by Crippen LogP contribution is 2.23. The zero-order valence-corrected chi connectivity index (χ0v) is 17.1. The van der Waals surface area contributed by atoms with Gasteiger partial charge in [-0.1, -0.05) is 18.2 Å². The van der Waals surface area contributed by atoms with Crippen LogP contribution in [-0.4, -0.2) is 45.9 Å². The molecular weight excluding hydrogens is 376 g/mol. The molecule has 0 radical (unpaired) electrons. The van der Waals surface area contributed by atoms with Crippen LogP contribution in [0.1, 0.15) is 24.8 Å². The summed E-state index contributed by atoms with van der Waals surface area (Å²) in [5.41, 5.74) is 1.71. The van der Waals surface area contributed by atoms with Crippen molar-refractivity contribution in [1.82, 2.24) is 4.31 Å². The highest BCUT2D eigenvalue weighted by atomic mass is 32.2. The van der Waals surface area contributed by atoms with Crippen LogP contribution in [-0.2, 0) is 21.2 Å². The first-order valence-electron chi connectivity index (χ1n) is 9.41. The Morgan fingerprint density at radius 1 is 1.11 bits per heavy atom. The van der Waals surface area contributed by atoms with Crippen molar-refractivity contribution in [1.29, 1.82) is 0 Å². The molecule has 0 aromatic heterocycles. The second-order valence-corrected chi connectivity index (χ2v) is 8.85. The van der Waals surface area contributed by atoms with Crippen molar-refractivity contribution in [3.8, 4) is 5.75 Å². The van der Waals surface area contributed by atoms with Gasteiger partial charge in [0.1, 0.15) is 5.75 Å². The van der Waals surface area contributed by atoms with Crippen LogP contribution in [0, 0.1) is 0 Å². The summed E-state index contributed by atoms with van der Waals surface area (Å²) in [6.07, 6.45) is 2.73. The summed E-state index contributed by atoms with van der Waals surface area (Å²) in [5.74, 6) is 0.689. The molecule has 0 spiro atoms. The fourth-order valence-electron chi connectivity index (χ4n) is 3.29. The molecule has 0 saturated carbocycles. The van der Waals surface area contributed by atoms with Crippen LogP contribution in [0.3, 0.4) is 0 Å². The van der Waals surface area contributed by atoms with E-state index < -0.39 is 10.0 Å². The Morgan fingerprint density at radius 3 is 2.43 bits per heavy atom. The van der Waals surface area contributed by atoms with E-state index in [0.29, 0.717) is 36.6 Å². The van der Waals surface area contributed by atoms with E-state index in [1.54, 1.807) is 43.3 Å². The molecule has 1 fully saturated rings. The standard InChI is InChI=1S/C21H26N2O4S/c1-22(18-6-5-7-19(16-18)27-2)21(24)13-10-17-8-11-20(12-9-17)28(25,26)23-14-3-4-15-23/h5-9,11-12,16H,3-4,10,13-15H2,1-2H3. The zero-order chi connectivity index (χ0) is 20.1. The Morgan fingerprint density at radius 2 is 1.79 bits per heavy atom. The molecule has 0 unspecified atom stereocenters. The van der Waals surface area contributed by atoms with Gasteiger partial charge < -0.3 is 9.64 Å². The molecule has 7 heteroatoms. The maximum atomic E-state index is 12.6. The van der Waals surface area contributed by atoms with Crippen molar-refractivity contribution >= 4 is 21.6 Å². The molecule has 1 amide bonds. The maximum Gasteiger partial charge on any atom is 0.243 e. The predicted octanol–water partition coefficient (Wildman–Crippen LogP) is 3.08. The summed E-state index contributed by atoms with van der Waals surface area (Å²) < 4.78 is 31.9.